The average Bonchev–Trinajstić information content (AvgIpc) is 3.36. The number of aldehydes is 1. The summed E-state index contributed by atoms with van der Waals surface area (Å²) in [6.07, 6.45) is 19.0. The summed E-state index contributed by atoms with van der Waals surface area (Å²) in [4.78, 5) is 18.3. The Morgan fingerprint density at radius 3 is 1.66 bits per heavy atom. The first-order valence-corrected chi connectivity index (χ1v) is 19.0. The zero-order valence-corrected chi connectivity index (χ0v) is 31.0. The van der Waals surface area contributed by atoms with Crippen molar-refractivity contribution in [2.24, 2.45) is 0 Å². The third kappa shape index (κ3) is 8.20. The van der Waals surface area contributed by atoms with E-state index >= 15 is 0 Å². The van der Waals surface area contributed by atoms with E-state index in [-0.39, 0.29) is 0 Å². The molecule has 47 heavy (non-hydrogen) atoms. The predicted molar refractivity (Wildman–Crippen MR) is 201 cm³/mol. The fourth-order valence-corrected chi connectivity index (χ4v) is 7.50. The zero-order valence-electron chi connectivity index (χ0n) is 27.8. The van der Waals surface area contributed by atoms with Crippen LogP contribution in [0.2, 0.25) is 0 Å². The Kier molecular flexibility index (Phi) is 13.1. The van der Waals surface area contributed by atoms with Gasteiger partial charge in [0.2, 0.25) is 0 Å². The number of carbonyl (C=O) groups excluding carboxylic acids is 1. The van der Waals surface area contributed by atoms with Crippen LogP contribution in [0.5, 0.6) is 11.5 Å². The van der Waals surface area contributed by atoms with Crippen molar-refractivity contribution in [3.05, 3.63) is 98.7 Å². The van der Waals surface area contributed by atoms with E-state index in [4.69, 9.17) is 9.47 Å². The molecule has 4 nitrogen and oxygen atoms in total. The number of pyridine rings is 1. The summed E-state index contributed by atoms with van der Waals surface area (Å²) >= 11 is 7.41. The molecular weight excluding hydrogens is 714 g/mol. The number of ether oxygens (including phenoxy) is 2. The molecule has 6 heteroatoms. The maximum atomic E-state index is 13.8. The maximum Gasteiger partial charge on any atom is 0.161 e. The molecule has 0 radical (unpaired) electrons. The molecule has 1 aromatic heterocycles. The number of nitrogens with zero attached hydrogens (tertiary/aromatic N) is 1. The smallest absolute Gasteiger partial charge is 0.161 e. The molecule has 0 amide bonds. The standard InChI is InChI=1S/C41H47Br2NO3/c1-3-5-7-9-11-13-22-46-39-26-35(30-16-15-21-44-28-30)38(27-40(39)47-23-14-12-10-8-6-4-2)41(29-45)36-24-31(42)17-19-33(36)34-20-18-32(43)25-37(34)41/h15-21,24-29H,3-14,22-23H2,1-2H3. The fraction of sp³-hybridized carbons (Fsp3) is 0.415. The molecule has 248 valence electrons. The van der Waals surface area contributed by atoms with Crippen LogP contribution in [0.3, 0.4) is 0 Å². The third-order valence-corrected chi connectivity index (χ3v) is 10.3. The van der Waals surface area contributed by atoms with Gasteiger partial charge in [-0.25, -0.2) is 0 Å². The van der Waals surface area contributed by atoms with E-state index in [2.05, 4.69) is 93.2 Å². The molecule has 0 unspecified atom stereocenters. The van der Waals surface area contributed by atoms with Gasteiger partial charge in [-0.3, -0.25) is 4.98 Å². The zero-order chi connectivity index (χ0) is 33.1. The van der Waals surface area contributed by atoms with E-state index in [1.807, 2.05) is 24.4 Å². The quantitative estimate of drug-likeness (QED) is 0.0705. The monoisotopic (exact) mass is 759 g/mol. The predicted octanol–water partition coefficient (Wildman–Crippen LogP) is 12.3. The van der Waals surface area contributed by atoms with Crippen molar-refractivity contribution in [2.75, 3.05) is 13.2 Å². The summed E-state index contributed by atoms with van der Waals surface area (Å²) < 4.78 is 15.0. The first-order chi connectivity index (χ1) is 23.0. The van der Waals surface area contributed by atoms with Crippen molar-refractivity contribution in [3.8, 4) is 33.8 Å². The molecule has 0 N–H and O–H groups in total. The number of unbranched alkanes of at least 4 members (excludes halogenated alkanes) is 10. The highest BCUT2D eigenvalue weighted by molar-refractivity contribution is 9.10. The van der Waals surface area contributed by atoms with Crippen LogP contribution >= 0.6 is 31.9 Å². The number of benzene rings is 3. The largest absolute Gasteiger partial charge is 0.490 e. The number of halogens is 2. The Morgan fingerprint density at radius 1 is 0.638 bits per heavy atom. The van der Waals surface area contributed by atoms with Gasteiger partial charge in [-0.1, -0.05) is 128 Å². The van der Waals surface area contributed by atoms with Crippen LogP contribution < -0.4 is 9.47 Å². The van der Waals surface area contributed by atoms with Gasteiger partial charge in [0, 0.05) is 26.9 Å². The first-order valence-electron chi connectivity index (χ1n) is 17.4. The lowest BCUT2D eigenvalue weighted by Crippen LogP contribution is -2.30. The van der Waals surface area contributed by atoms with Gasteiger partial charge in [0.1, 0.15) is 11.7 Å². The van der Waals surface area contributed by atoms with Crippen molar-refractivity contribution in [2.45, 2.75) is 96.3 Å². The summed E-state index contributed by atoms with van der Waals surface area (Å²) in [5.74, 6) is 1.41. The SMILES string of the molecule is CCCCCCCCOc1cc(-c2cccnc2)c(C2(C=O)c3cc(Br)ccc3-c3ccc(Br)cc32)cc1OCCCCCCCC. The van der Waals surface area contributed by atoms with Gasteiger partial charge in [0.25, 0.3) is 0 Å². The van der Waals surface area contributed by atoms with Crippen molar-refractivity contribution in [3.63, 3.8) is 0 Å². The summed E-state index contributed by atoms with van der Waals surface area (Å²) in [5.41, 5.74) is 5.63. The average molecular weight is 762 g/mol. The number of hydrogen-bond acceptors (Lipinski definition) is 4. The van der Waals surface area contributed by atoms with Crippen LogP contribution in [0.15, 0.2) is 82.0 Å². The molecule has 5 rings (SSSR count). The number of aromatic nitrogens is 1. The molecule has 1 heterocycles. The first kappa shape index (κ1) is 35.3. The van der Waals surface area contributed by atoms with Crippen molar-refractivity contribution in [1.82, 2.24) is 4.98 Å². The Morgan fingerprint density at radius 2 is 1.15 bits per heavy atom. The van der Waals surface area contributed by atoms with Crippen LogP contribution in [0.4, 0.5) is 0 Å². The topological polar surface area (TPSA) is 48.4 Å². The molecule has 0 saturated carbocycles. The maximum absolute atomic E-state index is 13.8. The van der Waals surface area contributed by atoms with Crippen molar-refractivity contribution >= 4 is 38.1 Å². The highest BCUT2D eigenvalue weighted by atomic mass is 79.9. The number of fused-ring (bicyclic) bond motifs is 3. The van der Waals surface area contributed by atoms with E-state index in [0.29, 0.717) is 19.0 Å². The fourth-order valence-electron chi connectivity index (χ4n) is 6.78. The molecule has 4 aromatic rings. The Hall–Kier alpha value is -2.96. The molecule has 1 aliphatic carbocycles. The molecule has 0 spiro atoms. The van der Waals surface area contributed by atoms with Crippen LogP contribution in [0.1, 0.15) is 108 Å². The normalized spacial score (nSPS) is 12.9. The second-order valence-electron chi connectivity index (χ2n) is 12.6. The number of rotatable bonds is 19. The molecule has 3 aromatic carbocycles. The van der Waals surface area contributed by atoms with Crippen LogP contribution in [0.25, 0.3) is 22.3 Å². The molecule has 0 bridgehead atoms. The van der Waals surface area contributed by atoms with Crippen LogP contribution in [-0.2, 0) is 10.2 Å². The molecule has 1 aliphatic rings. The lowest BCUT2D eigenvalue weighted by atomic mass is 9.71. The van der Waals surface area contributed by atoms with Crippen molar-refractivity contribution in [1.29, 1.82) is 0 Å². The van der Waals surface area contributed by atoms with Gasteiger partial charge in [0.05, 0.1) is 13.2 Å². The number of carbonyl (C=O) groups is 1. The minimum atomic E-state index is -1.07. The Balaban J connectivity index is 1.61. The minimum absolute atomic E-state index is 0.601. The molecule has 0 fully saturated rings. The molecule has 0 atom stereocenters. The van der Waals surface area contributed by atoms with E-state index < -0.39 is 5.41 Å². The van der Waals surface area contributed by atoms with Crippen LogP contribution in [-0.4, -0.2) is 24.5 Å². The third-order valence-electron chi connectivity index (χ3n) is 9.27. The van der Waals surface area contributed by atoms with Gasteiger partial charge in [0.15, 0.2) is 11.5 Å². The van der Waals surface area contributed by atoms with E-state index in [9.17, 15) is 4.79 Å². The summed E-state index contributed by atoms with van der Waals surface area (Å²) in [6, 6.07) is 20.6. The van der Waals surface area contributed by atoms with E-state index in [1.165, 1.54) is 51.4 Å². The van der Waals surface area contributed by atoms with Gasteiger partial charge in [-0.2, -0.15) is 0 Å². The van der Waals surface area contributed by atoms with E-state index in [0.717, 1.165) is 85.6 Å². The van der Waals surface area contributed by atoms with Gasteiger partial charge in [-0.05, 0) is 88.7 Å². The summed E-state index contributed by atoms with van der Waals surface area (Å²) in [7, 11) is 0. The lowest BCUT2D eigenvalue weighted by molar-refractivity contribution is -0.110. The molecule has 0 aliphatic heterocycles. The van der Waals surface area contributed by atoms with E-state index in [1.54, 1.807) is 6.20 Å². The Bertz CT molecular complexity index is 1570. The molecule has 0 saturated heterocycles. The summed E-state index contributed by atoms with van der Waals surface area (Å²) in [5, 5.41) is 0. The van der Waals surface area contributed by atoms with Crippen molar-refractivity contribution < 1.29 is 14.3 Å². The Labute approximate surface area is 298 Å². The summed E-state index contributed by atoms with van der Waals surface area (Å²) in [6.45, 7) is 5.71. The lowest BCUT2D eigenvalue weighted by Gasteiger charge is -2.30. The highest BCUT2D eigenvalue weighted by Gasteiger charge is 2.47. The van der Waals surface area contributed by atoms with Gasteiger partial charge >= 0.3 is 0 Å². The van der Waals surface area contributed by atoms with Gasteiger partial charge in [-0.15, -0.1) is 0 Å². The molecular formula is C41H47Br2NO3. The second-order valence-corrected chi connectivity index (χ2v) is 14.5. The number of hydrogen-bond donors (Lipinski definition) is 0. The second kappa shape index (κ2) is 17.4. The van der Waals surface area contributed by atoms with Crippen LogP contribution in [0, 0.1) is 0 Å². The highest BCUT2D eigenvalue weighted by Crippen LogP contribution is 2.56. The van der Waals surface area contributed by atoms with Gasteiger partial charge < -0.3 is 14.3 Å². The minimum Gasteiger partial charge on any atom is -0.490 e.